The first kappa shape index (κ1) is 18.7. The molecular formula is C19H23F4N3O. The van der Waals surface area contributed by atoms with Crippen LogP contribution in [-0.4, -0.2) is 37.3 Å². The molecule has 3 N–H and O–H groups in total. The lowest BCUT2D eigenvalue weighted by Crippen LogP contribution is -2.47. The van der Waals surface area contributed by atoms with Crippen LogP contribution in [0.15, 0.2) is 24.3 Å². The summed E-state index contributed by atoms with van der Waals surface area (Å²) in [5.41, 5.74) is 0.202. The van der Waals surface area contributed by atoms with Crippen molar-refractivity contribution in [3.63, 3.8) is 0 Å². The van der Waals surface area contributed by atoms with Crippen LogP contribution in [-0.2, 0) is 11.0 Å². The Morgan fingerprint density at radius 3 is 2.41 bits per heavy atom. The van der Waals surface area contributed by atoms with Crippen molar-refractivity contribution in [1.82, 2.24) is 16.0 Å². The second kappa shape index (κ2) is 7.05. The van der Waals surface area contributed by atoms with E-state index in [0.717, 1.165) is 30.5 Å². The maximum absolute atomic E-state index is 13.3. The topological polar surface area (TPSA) is 53.2 Å². The summed E-state index contributed by atoms with van der Waals surface area (Å²) in [6.07, 6.45) is -3.36. The largest absolute Gasteiger partial charge is 0.416 e. The molecule has 1 aromatic rings. The number of carbonyl (C=O) groups excluding carboxylic acids is 1. The van der Waals surface area contributed by atoms with Crippen molar-refractivity contribution < 1.29 is 22.4 Å². The number of fused-ring (bicyclic) bond motifs is 1. The van der Waals surface area contributed by atoms with Gasteiger partial charge in [0.1, 0.15) is 6.17 Å². The van der Waals surface area contributed by atoms with Gasteiger partial charge < -0.3 is 16.0 Å². The van der Waals surface area contributed by atoms with Crippen LogP contribution in [0.2, 0.25) is 0 Å². The molecule has 2 heterocycles. The lowest BCUT2D eigenvalue weighted by atomic mass is 9.88. The van der Waals surface area contributed by atoms with E-state index in [1.165, 1.54) is 0 Å². The second-order valence-corrected chi connectivity index (χ2v) is 7.82. The van der Waals surface area contributed by atoms with Gasteiger partial charge in [-0.05, 0) is 42.4 Å². The fourth-order valence-electron chi connectivity index (χ4n) is 4.82. The van der Waals surface area contributed by atoms with Gasteiger partial charge in [-0.3, -0.25) is 4.79 Å². The third kappa shape index (κ3) is 3.69. The van der Waals surface area contributed by atoms with E-state index < -0.39 is 24.0 Å². The minimum atomic E-state index is -4.33. The van der Waals surface area contributed by atoms with Crippen LogP contribution in [0.4, 0.5) is 17.6 Å². The Morgan fingerprint density at radius 2 is 1.78 bits per heavy atom. The van der Waals surface area contributed by atoms with E-state index in [0.29, 0.717) is 6.54 Å². The van der Waals surface area contributed by atoms with E-state index in [4.69, 9.17) is 0 Å². The molecule has 4 rings (SSSR count). The average molecular weight is 385 g/mol. The minimum Gasteiger partial charge on any atom is -0.352 e. The third-order valence-corrected chi connectivity index (χ3v) is 6.20. The Kier molecular flexibility index (Phi) is 4.88. The summed E-state index contributed by atoms with van der Waals surface area (Å²) in [5.74, 6) is 0.361. The SMILES string of the molecule is O=C(N[C@H]1CC[C@@H]2C(c3ccc(C(F)(F)F)cc3)NC[C@H]12)[C@@H]1C[C@@H](F)CN1. The third-order valence-electron chi connectivity index (χ3n) is 6.20. The number of halogens is 4. The van der Waals surface area contributed by atoms with Crippen LogP contribution < -0.4 is 16.0 Å². The molecule has 0 radical (unpaired) electrons. The summed E-state index contributed by atoms with van der Waals surface area (Å²) in [6.45, 7) is 0.928. The molecule has 1 unspecified atom stereocenters. The Balaban J connectivity index is 1.39. The maximum Gasteiger partial charge on any atom is 0.416 e. The van der Waals surface area contributed by atoms with E-state index in [1.807, 2.05) is 0 Å². The van der Waals surface area contributed by atoms with Gasteiger partial charge in [0.05, 0.1) is 11.6 Å². The van der Waals surface area contributed by atoms with E-state index >= 15 is 0 Å². The monoisotopic (exact) mass is 385 g/mol. The van der Waals surface area contributed by atoms with Gasteiger partial charge in [-0.2, -0.15) is 13.2 Å². The molecule has 27 heavy (non-hydrogen) atoms. The standard InChI is InChI=1S/C19H23F4N3O/c20-12-7-16(24-8-12)18(27)26-15-6-5-13-14(15)9-25-17(13)10-1-3-11(4-2-10)19(21,22)23/h1-4,12-17,24-25H,5-9H2,(H,26,27)/t12-,13+,14+,15+,16+,17?/m1/s1. The van der Waals surface area contributed by atoms with Crippen molar-refractivity contribution in [2.24, 2.45) is 11.8 Å². The van der Waals surface area contributed by atoms with Crippen molar-refractivity contribution in [1.29, 1.82) is 0 Å². The molecule has 6 atom stereocenters. The van der Waals surface area contributed by atoms with Crippen LogP contribution in [0.1, 0.15) is 36.4 Å². The van der Waals surface area contributed by atoms with Crippen molar-refractivity contribution in [2.45, 2.75) is 49.7 Å². The van der Waals surface area contributed by atoms with E-state index in [9.17, 15) is 22.4 Å². The quantitative estimate of drug-likeness (QED) is 0.701. The molecule has 2 saturated heterocycles. The van der Waals surface area contributed by atoms with Gasteiger partial charge in [0.15, 0.2) is 0 Å². The minimum absolute atomic E-state index is 0.000913. The second-order valence-electron chi connectivity index (χ2n) is 7.82. The number of hydrogen-bond acceptors (Lipinski definition) is 3. The summed E-state index contributed by atoms with van der Waals surface area (Å²) in [5, 5.41) is 9.36. The van der Waals surface area contributed by atoms with E-state index in [1.54, 1.807) is 12.1 Å². The molecular weight excluding hydrogens is 362 g/mol. The molecule has 148 valence electrons. The highest BCUT2D eigenvalue weighted by atomic mass is 19.4. The predicted octanol–water partition coefficient (Wildman–Crippen LogP) is 2.56. The lowest BCUT2D eigenvalue weighted by molar-refractivity contribution is -0.137. The molecule has 4 nitrogen and oxygen atoms in total. The molecule has 0 spiro atoms. The van der Waals surface area contributed by atoms with Crippen LogP contribution >= 0.6 is 0 Å². The molecule has 1 aromatic carbocycles. The van der Waals surface area contributed by atoms with Crippen LogP contribution in [0, 0.1) is 11.8 Å². The Labute approximate surface area is 155 Å². The molecule has 8 heteroatoms. The molecule has 1 saturated carbocycles. The summed E-state index contributed by atoms with van der Waals surface area (Å²) < 4.78 is 51.5. The molecule has 1 aliphatic carbocycles. The summed E-state index contributed by atoms with van der Waals surface area (Å²) in [7, 11) is 0. The number of benzene rings is 1. The highest BCUT2D eigenvalue weighted by Gasteiger charge is 2.46. The predicted molar refractivity (Wildman–Crippen MR) is 91.6 cm³/mol. The number of amides is 1. The first-order chi connectivity index (χ1) is 12.8. The summed E-state index contributed by atoms with van der Waals surface area (Å²) in [4.78, 5) is 12.4. The number of rotatable bonds is 3. The van der Waals surface area contributed by atoms with Crippen molar-refractivity contribution >= 4 is 5.91 Å². The molecule has 0 aromatic heterocycles. The van der Waals surface area contributed by atoms with Gasteiger partial charge in [0.2, 0.25) is 5.91 Å². The van der Waals surface area contributed by atoms with Gasteiger partial charge in [0, 0.05) is 31.6 Å². The fourth-order valence-corrected chi connectivity index (χ4v) is 4.82. The number of alkyl halides is 4. The van der Waals surface area contributed by atoms with E-state index in [-0.39, 0.29) is 42.8 Å². The Bertz CT molecular complexity index is 693. The zero-order valence-corrected chi connectivity index (χ0v) is 14.7. The van der Waals surface area contributed by atoms with Crippen LogP contribution in [0.5, 0.6) is 0 Å². The van der Waals surface area contributed by atoms with Crippen LogP contribution in [0.3, 0.4) is 0 Å². The van der Waals surface area contributed by atoms with Gasteiger partial charge in [-0.1, -0.05) is 12.1 Å². The fraction of sp³-hybridized carbons (Fsp3) is 0.632. The summed E-state index contributed by atoms with van der Waals surface area (Å²) >= 11 is 0. The zero-order chi connectivity index (χ0) is 19.2. The van der Waals surface area contributed by atoms with Crippen molar-refractivity contribution in [3.8, 4) is 0 Å². The molecule has 3 aliphatic rings. The van der Waals surface area contributed by atoms with Crippen molar-refractivity contribution in [2.75, 3.05) is 13.1 Å². The smallest absolute Gasteiger partial charge is 0.352 e. The molecule has 2 aliphatic heterocycles. The Hall–Kier alpha value is -1.67. The first-order valence-electron chi connectivity index (χ1n) is 9.41. The highest BCUT2D eigenvalue weighted by molar-refractivity contribution is 5.82. The van der Waals surface area contributed by atoms with Gasteiger partial charge in [-0.15, -0.1) is 0 Å². The first-order valence-corrected chi connectivity index (χ1v) is 9.41. The highest BCUT2D eigenvalue weighted by Crippen LogP contribution is 2.45. The van der Waals surface area contributed by atoms with E-state index in [2.05, 4.69) is 16.0 Å². The molecule has 3 fully saturated rings. The molecule has 0 bridgehead atoms. The van der Waals surface area contributed by atoms with Gasteiger partial charge >= 0.3 is 6.18 Å². The maximum atomic E-state index is 13.3. The average Bonchev–Trinajstić information content (AvgIpc) is 3.32. The van der Waals surface area contributed by atoms with Crippen LogP contribution in [0.25, 0.3) is 0 Å². The zero-order valence-electron chi connectivity index (χ0n) is 14.7. The number of hydrogen-bond donors (Lipinski definition) is 3. The lowest BCUT2D eigenvalue weighted by Gasteiger charge is -2.22. The normalized spacial score (nSPS) is 36.0. The molecule has 1 amide bonds. The number of nitrogens with one attached hydrogen (secondary N) is 3. The van der Waals surface area contributed by atoms with Crippen molar-refractivity contribution in [3.05, 3.63) is 35.4 Å². The van der Waals surface area contributed by atoms with Gasteiger partial charge in [-0.25, -0.2) is 4.39 Å². The summed E-state index contributed by atoms with van der Waals surface area (Å²) in [6, 6.07) is 4.88. The van der Waals surface area contributed by atoms with Gasteiger partial charge in [0.25, 0.3) is 0 Å². The number of carbonyl (C=O) groups is 1. The Morgan fingerprint density at radius 1 is 1.04 bits per heavy atom.